The molecule has 4 aromatic heterocycles. The summed E-state index contributed by atoms with van der Waals surface area (Å²) in [7, 11) is 0. The third kappa shape index (κ3) is 2.10. The first kappa shape index (κ1) is 13.4. The summed E-state index contributed by atoms with van der Waals surface area (Å²) in [6.45, 7) is 0. The molecule has 1 atom stereocenters. The molecule has 0 amide bonds. The first-order valence-electron chi connectivity index (χ1n) is 8.01. The van der Waals surface area contributed by atoms with Gasteiger partial charge in [-0.3, -0.25) is 0 Å². The highest BCUT2D eigenvalue weighted by Crippen LogP contribution is 2.33. The molecular formula is C16H15N7O. The van der Waals surface area contributed by atoms with Gasteiger partial charge < -0.3 is 9.51 Å². The summed E-state index contributed by atoms with van der Waals surface area (Å²) in [5, 5.41) is 16.4. The van der Waals surface area contributed by atoms with Gasteiger partial charge in [-0.25, -0.2) is 4.98 Å². The average molecular weight is 321 g/mol. The van der Waals surface area contributed by atoms with Crippen molar-refractivity contribution in [3.8, 4) is 0 Å². The number of H-pyrrole nitrogens is 2. The highest BCUT2D eigenvalue weighted by molar-refractivity contribution is 5.79. The minimum atomic E-state index is 0.0402. The summed E-state index contributed by atoms with van der Waals surface area (Å²) in [4.78, 5) is 12.1. The van der Waals surface area contributed by atoms with Crippen molar-refractivity contribution in [2.75, 3.05) is 0 Å². The summed E-state index contributed by atoms with van der Waals surface area (Å²) in [6, 6.07) is 3.97. The predicted molar refractivity (Wildman–Crippen MR) is 84.4 cm³/mol. The fourth-order valence-corrected chi connectivity index (χ4v) is 3.38. The van der Waals surface area contributed by atoms with Gasteiger partial charge in [-0.05, 0) is 37.0 Å². The van der Waals surface area contributed by atoms with Crippen LogP contribution < -0.4 is 0 Å². The maximum absolute atomic E-state index is 5.52. The van der Waals surface area contributed by atoms with E-state index >= 15 is 0 Å². The summed E-state index contributed by atoms with van der Waals surface area (Å²) in [5.41, 5.74) is 3.92. The van der Waals surface area contributed by atoms with Crippen LogP contribution in [0.2, 0.25) is 0 Å². The molecule has 0 fully saturated rings. The third-order valence-corrected chi connectivity index (χ3v) is 4.55. The average Bonchev–Trinajstić information content (AvgIpc) is 3.34. The quantitative estimate of drug-likeness (QED) is 0.598. The molecule has 8 nitrogen and oxygen atoms in total. The molecule has 0 spiro atoms. The van der Waals surface area contributed by atoms with Gasteiger partial charge in [-0.2, -0.15) is 20.4 Å². The number of hydrogen-bond donors (Lipinski definition) is 2. The van der Waals surface area contributed by atoms with E-state index in [1.54, 1.807) is 6.20 Å². The number of pyridine rings is 1. The minimum absolute atomic E-state index is 0.0402. The number of hydrogen-bond acceptors (Lipinski definition) is 6. The van der Waals surface area contributed by atoms with Crippen molar-refractivity contribution in [2.24, 2.45) is 0 Å². The Morgan fingerprint density at radius 2 is 2.29 bits per heavy atom. The van der Waals surface area contributed by atoms with Crippen LogP contribution in [0, 0.1) is 0 Å². The second-order valence-corrected chi connectivity index (χ2v) is 6.04. The lowest BCUT2D eigenvalue weighted by Gasteiger charge is -2.15. The molecule has 4 heterocycles. The van der Waals surface area contributed by atoms with Crippen LogP contribution in [0.3, 0.4) is 0 Å². The van der Waals surface area contributed by atoms with Gasteiger partial charge in [0.2, 0.25) is 5.89 Å². The van der Waals surface area contributed by atoms with Crippen LogP contribution in [0.5, 0.6) is 0 Å². The summed E-state index contributed by atoms with van der Waals surface area (Å²) < 4.78 is 5.52. The van der Waals surface area contributed by atoms with Crippen molar-refractivity contribution in [3.63, 3.8) is 0 Å². The van der Waals surface area contributed by atoms with Crippen molar-refractivity contribution in [1.29, 1.82) is 0 Å². The largest absolute Gasteiger partial charge is 0.346 e. The van der Waals surface area contributed by atoms with Gasteiger partial charge in [-0.15, -0.1) is 0 Å². The normalized spacial score (nSPS) is 17.2. The van der Waals surface area contributed by atoms with Crippen molar-refractivity contribution in [3.05, 3.63) is 53.2 Å². The summed E-state index contributed by atoms with van der Waals surface area (Å²) >= 11 is 0. The Morgan fingerprint density at radius 1 is 1.29 bits per heavy atom. The lowest BCUT2D eigenvalue weighted by molar-refractivity contribution is 0.348. The predicted octanol–water partition coefficient (Wildman–Crippen LogP) is 2.12. The molecule has 0 radical (unpaired) electrons. The van der Waals surface area contributed by atoms with E-state index < -0.39 is 0 Å². The molecule has 24 heavy (non-hydrogen) atoms. The van der Waals surface area contributed by atoms with Gasteiger partial charge in [0.25, 0.3) is 0 Å². The van der Waals surface area contributed by atoms with E-state index in [2.05, 4.69) is 35.5 Å². The first-order valence-corrected chi connectivity index (χ1v) is 8.01. The van der Waals surface area contributed by atoms with Crippen LogP contribution in [0.4, 0.5) is 0 Å². The van der Waals surface area contributed by atoms with Gasteiger partial charge in [0.05, 0.1) is 17.3 Å². The Bertz CT molecular complexity index is 999. The SMILES string of the molecule is c1cnc2[nH]cc(Cc3noc(C4CCCc5n[nH]nc54)n3)c2c1. The van der Waals surface area contributed by atoms with Crippen LogP contribution >= 0.6 is 0 Å². The van der Waals surface area contributed by atoms with Gasteiger partial charge in [0.15, 0.2) is 5.82 Å². The highest BCUT2D eigenvalue weighted by Gasteiger charge is 2.30. The number of rotatable bonds is 3. The topological polar surface area (TPSA) is 109 Å². The second kappa shape index (κ2) is 5.26. The van der Waals surface area contributed by atoms with E-state index in [1.807, 2.05) is 18.3 Å². The molecule has 5 rings (SSSR count). The maximum Gasteiger partial charge on any atom is 0.235 e. The Kier molecular flexibility index (Phi) is 2.94. The zero-order valence-electron chi connectivity index (χ0n) is 12.9. The number of nitrogens with zero attached hydrogens (tertiary/aromatic N) is 5. The summed E-state index contributed by atoms with van der Waals surface area (Å²) in [6.07, 6.45) is 7.28. The molecule has 1 unspecified atom stereocenters. The molecule has 4 aromatic rings. The zero-order chi connectivity index (χ0) is 15.9. The third-order valence-electron chi connectivity index (χ3n) is 4.55. The Hall–Kier alpha value is -3.03. The van der Waals surface area contributed by atoms with Gasteiger partial charge in [0.1, 0.15) is 5.65 Å². The highest BCUT2D eigenvalue weighted by atomic mass is 16.5. The molecule has 2 N–H and O–H groups in total. The number of fused-ring (bicyclic) bond motifs is 2. The maximum atomic E-state index is 5.52. The number of aryl methyl sites for hydroxylation is 1. The van der Waals surface area contributed by atoms with Crippen LogP contribution in [0.25, 0.3) is 11.0 Å². The van der Waals surface area contributed by atoms with Crippen LogP contribution in [0.1, 0.15) is 47.4 Å². The molecular weight excluding hydrogens is 306 g/mol. The smallest absolute Gasteiger partial charge is 0.235 e. The molecule has 0 saturated heterocycles. The molecule has 120 valence electrons. The van der Waals surface area contributed by atoms with Gasteiger partial charge >= 0.3 is 0 Å². The van der Waals surface area contributed by atoms with Crippen molar-refractivity contribution in [1.82, 2.24) is 35.5 Å². The monoisotopic (exact) mass is 321 g/mol. The lowest BCUT2D eigenvalue weighted by Crippen LogP contribution is -2.11. The number of aromatic nitrogens is 7. The lowest BCUT2D eigenvalue weighted by atomic mass is 9.90. The molecule has 1 aliphatic carbocycles. The van der Waals surface area contributed by atoms with Crippen molar-refractivity contribution in [2.45, 2.75) is 31.6 Å². The standard InChI is InChI=1S/C16H15N7O/c1-3-11(14-12(5-1)20-23-21-14)16-19-13(22-24-16)7-9-8-18-15-10(9)4-2-6-17-15/h2,4,6,8,11H,1,3,5,7H2,(H,17,18)(H,20,21,23). The molecule has 0 saturated carbocycles. The Balaban J connectivity index is 1.44. The van der Waals surface area contributed by atoms with Crippen LogP contribution in [0.15, 0.2) is 29.0 Å². The number of nitrogens with one attached hydrogen (secondary N) is 2. The molecule has 1 aliphatic rings. The molecule has 8 heteroatoms. The van der Waals surface area contributed by atoms with E-state index in [9.17, 15) is 0 Å². The molecule has 0 aromatic carbocycles. The van der Waals surface area contributed by atoms with E-state index in [4.69, 9.17) is 4.52 Å². The summed E-state index contributed by atoms with van der Waals surface area (Å²) in [5.74, 6) is 1.33. The Morgan fingerprint density at radius 3 is 3.29 bits per heavy atom. The van der Waals surface area contributed by atoms with E-state index in [0.717, 1.165) is 47.2 Å². The number of aromatic amines is 2. The minimum Gasteiger partial charge on any atom is -0.346 e. The molecule has 0 bridgehead atoms. The van der Waals surface area contributed by atoms with Crippen molar-refractivity contribution >= 4 is 11.0 Å². The fourth-order valence-electron chi connectivity index (χ4n) is 3.38. The second-order valence-electron chi connectivity index (χ2n) is 6.04. The van der Waals surface area contributed by atoms with E-state index in [-0.39, 0.29) is 5.92 Å². The Labute approximate surface area is 136 Å². The first-order chi connectivity index (χ1) is 11.9. The van der Waals surface area contributed by atoms with Gasteiger partial charge in [0, 0.05) is 24.2 Å². The van der Waals surface area contributed by atoms with Crippen LogP contribution in [-0.2, 0) is 12.8 Å². The van der Waals surface area contributed by atoms with Crippen LogP contribution in [-0.4, -0.2) is 35.5 Å². The molecule has 0 aliphatic heterocycles. The van der Waals surface area contributed by atoms with E-state index in [0.29, 0.717) is 18.1 Å². The fraction of sp³-hybridized carbons (Fsp3) is 0.312. The van der Waals surface area contributed by atoms with Gasteiger partial charge in [-0.1, -0.05) is 5.16 Å². The van der Waals surface area contributed by atoms with E-state index in [1.165, 1.54) is 0 Å². The van der Waals surface area contributed by atoms with Crippen molar-refractivity contribution < 1.29 is 4.52 Å². The zero-order valence-corrected chi connectivity index (χ0v) is 12.9.